The number of thiocarbonyl (C=S) groups is 1. The highest BCUT2D eigenvalue weighted by atomic mass is 79.9. The van der Waals surface area contributed by atoms with Gasteiger partial charge in [-0.1, -0.05) is 58.4 Å². The van der Waals surface area contributed by atoms with Crippen LogP contribution in [0.3, 0.4) is 0 Å². The molecule has 0 aliphatic rings. The standard InChI is InChI=1S/C22H17Br2N3O3S/c23-17-10-11-19(18(24)12-17)30-13-20(28)25-22(31)27-26-21(29)16-8-6-15(7-9-16)14-4-2-1-3-5-14/h1-12H,13H2,(H,26,29)(H2,25,27,28,31). The second-order valence-corrected chi connectivity index (χ2v) is 8.44. The normalized spacial score (nSPS) is 10.1. The van der Waals surface area contributed by atoms with Crippen LogP contribution in [0.1, 0.15) is 10.4 Å². The minimum atomic E-state index is -0.464. The molecule has 3 aromatic rings. The van der Waals surface area contributed by atoms with E-state index >= 15 is 0 Å². The van der Waals surface area contributed by atoms with Crippen molar-refractivity contribution in [3.63, 3.8) is 0 Å². The quantitative estimate of drug-likeness (QED) is 0.313. The second kappa shape index (κ2) is 11.0. The van der Waals surface area contributed by atoms with Gasteiger partial charge in [0.05, 0.1) is 4.47 Å². The molecule has 3 aromatic carbocycles. The fraction of sp³-hybridized carbons (Fsp3) is 0.0455. The molecule has 31 heavy (non-hydrogen) atoms. The molecule has 0 aliphatic heterocycles. The van der Waals surface area contributed by atoms with Crippen LogP contribution in [0.2, 0.25) is 0 Å². The van der Waals surface area contributed by atoms with Crippen LogP contribution in [0, 0.1) is 0 Å². The van der Waals surface area contributed by atoms with Crippen LogP contribution in [0.25, 0.3) is 11.1 Å². The van der Waals surface area contributed by atoms with Gasteiger partial charge in [0.15, 0.2) is 11.7 Å². The van der Waals surface area contributed by atoms with Gasteiger partial charge >= 0.3 is 0 Å². The molecule has 6 nitrogen and oxygen atoms in total. The van der Waals surface area contributed by atoms with E-state index in [1.165, 1.54) is 0 Å². The monoisotopic (exact) mass is 561 g/mol. The highest BCUT2D eigenvalue weighted by molar-refractivity contribution is 9.11. The summed E-state index contributed by atoms with van der Waals surface area (Å²) in [4.78, 5) is 24.3. The van der Waals surface area contributed by atoms with E-state index in [0.717, 1.165) is 15.6 Å². The van der Waals surface area contributed by atoms with E-state index in [9.17, 15) is 9.59 Å². The number of benzene rings is 3. The summed E-state index contributed by atoms with van der Waals surface area (Å²) in [5.41, 5.74) is 7.48. The summed E-state index contributed by atoms with van der Waals surface area (Å²) < 4.78 is 7.03. The topological polar surface area (TPSA) is 79.5 Å². The molecule has 3 rings (SSSR count). The molecule has 0 unspecified atom stereocenters. The molecule has 0 spiro atoms. The van der Waals surface area contributed by atoms with E-state index < -0.39 is 5.91 Å². The third-order valence-corrected chi connectivity index (χ3v) is 5.37. The average molecular weight is 563 g/mol. The van der Waals surface area contributed by atoms with Crippen LogP contribution in [-0.2, 0) is 4.79 Å². The van der Waals surface area contributed by atoms with Gasteiger partial charge in [-0.25, -0.2) is 0 Å². The van der Waals surface area contributed by atoms with Crippen LogP contribution in [0.4, 0.5) is 0 Å². The minimum absolute atomic E-state index is 0.0438. The summed E-state index contributed by atoms with van der Waals surface area (Å²) in [7, 11) is 0. The largest absolute Gasteiger partial charge is 0.483 e. The van der Waals surface area contributed by atoms with Crippen molar-refractivity contribution in [2.24, 2.45) is 0 Å². The number of amides is 2. The average Bonchev–Trinajstić information content (AvgIpc) is 2.77. The third kappa shape index (κ3) is 6.88. The first-order valence-corrected chi connectivity index (χ1v) is 11.1. The fourth-order valence-electron chi connectivity index (χ4n) is 2.56. The van der Waals surface area contributed by atoms with Gasteiger partial charge in [-0.3, -0.25) is 25.8 Å². The molecule has 0 aromatic heterocycles. The molecule has 2 amide bonds. The van der Waals surface area contributed by atoms with Crippen LogP contribution in [0.5, 0.6) is 5.75 Å². The number of hydrogen-bond acceptors (Lipinski definition) is 4. The number of hydrazine groups is 1. The Morgan fingerprint density at radius 3 is 2.23 bits per heavy atom. The summed E-state index contributed by atoms with van der Waals surface area (Å²) in [6.45, 7) is -0.239. The fourth-order valence-corrected chi connectivity index (χ4v) is 3.89. The molecular formula is C22H17Br2N3O3S. The smallest absolute Gasteiger partial charge is 0.269 e. The Labute approximate surface area is 201 Å². The Bertz CT molecular complexity index is 1090. The van der Waals surface area contributed by atoms with Crippen molar-refractivity contribution in [2.45, 2.75) is 0 Å². The van der Waals surface area contributed by atoms with Crippen molar-refractivity contribution in [1.29, 1.82) is 0 Å². The van der Waals surface area contributed by atoms with Gasteiger partial charge in [0.1, 0.15) is 5.75 Å². The Kier molecular flexibility index (Phi) is 8.16. The summed E-state index contributed by atoms with van der Waals surface area (Å²) >= 11 is 11.7. The molecule has 0 heterocycles. The van der Waals surface area contributed by atoms with Gasteiger partial charge in [0.25, 0.3) is 11.8 Å². The predicted octanol–water partition coefficient (Wildman–Crippen LogP) is 4.59. The summed E-state index contributed by atoms with van der Waals surface area (Å²) in [6, 6.07) is 22.3. The number of hydrogen-bond donors (Lipinski definition) is 3. The molecule has 0 bridgehead atoms. The maximum absolute atomic E-state index is 12.3. The van der Waals surface area contributed by atoms with E-state index in [4.69, 9.17) is 17.0 Å². The molecular weight excluding hydrogens is 546 g/mol. The molecule has 0 aliphatic carbocycles. The lowest BCUT2D eigenvalue weighted by Gasteiger charge is -2.12. The van der Waals surface area contributed by atoms with Crippen molar-refractivity contribution in [2.75, 3.05) is 6.61 Å². The second-order valence-electron chi connectivity index (χ2n) is 6.26. The van der Waals surface area contributed by atoms with Crippen LogP contribution < -0.4 is 20.9 Å². The van der Waals surface area contributed by atoms with Crippen molar-refractivity contribution < 1.29 is 14.3 Å². The van der Waals surface area contributed by atoms with E-state index in [2.05, 4.69) is 48.0 Å². The molecule has 3 N–H and O–H groups in total. The molecule has 0 saturated carbocycles. The van der Waals surface area contributed by atoms with Crippen molar-refractivity contribution >= 4 is 61.0 Å². The Balaban J connectivity index is 1.44. The zero-order chi connectivity index (χ0) is 22.2. The van der Waals surface area contributed by atoms with Crippen molar-refractivity contribution in [3.05, 3.63) is 87.3 Å². The van der Waals surface area contributed by atoms with Gasteiger partial charge in [0.2, 0.25) is 0 Å². The predicted molar refractivity (Wildman–Crippen MR) is 131 cm³/mol. The van der Waals surface area contributed by atoms with Crippen molar-refractivity contribution in [1.82, 2.24) is 16.2 Å². The lowest BCUT2D eigenvalue weighted by atomic mass is 10.0. The maximum Gasteiger partial charge on any atom is 0.269 e. The number of nitrogens with one attached hydrogen (secondary N) is 3. The Hall–Kier alpha value is -2.75. The van der Waals surface area contributed by atoms with Crippen LogP contribution >= 0.6 is 44.1 Å². The summed E-state index contributed by atoms with van der Waals surface area (Å²) in [6.07, 6.45) is 0. The highest BCUT2D eigenvalue weighted by Gasteiger charge is 2.10. The number of carbonyl (C=O) groups is 2. The first-order valence-electron chi connectivity index (χ1n) is 9.06. The highest BCUT2D eigenvalue weighted by Crippen LogP contribution is 2.28. The summed E-state index contributed by atoms with van der Waals surface area (Å²) in [5, 5.41) is 2.39. The van der Waals surface area contributed by atoms with Crippen molar-refractivity contribution in [3.8, 4) is 16.9 Å². The molecule has 0 radical (unpaired) electrons. The number of halogens is 2. The molecule has 0 saturated heterocycles. The lowest BCUT2D eigenvalue weighted by Crippen LogP contribution is -2.49. The van der Waals surface area contributed by atoms with Gasteiger partial charge in [-0.05, 0) is 69.6 Å². The summed E-state index contributed by atoms with van der Waals surface area (Å²) in [5.74, 6) is -0.329. The van der Waals surface area contributed by atoms with Crippen LogP contribution in [-0.4, -0.2) is 23.5 Å². The molecule has 9 heteroatoms. The SMILES string of the molecule is O=C(COc1ccc(Br)cc1Br)NC(=S)NNC(=O)c1ccc(-c2ccccc2)cc1. The molecule has 0 fully saturated rings. The minimum Gasteiger partial charge on any atom is -0.483 e. The first-order chi connectivity index (χ1) is 14.9. The number of ether oxygens (including phenoxy) is 1. The maximum atomic E-state index is 12.3. The number of carbonyl (C=O) groups excluding carboxylic acids is 2. The van der Waals surface area contributed by atoms with Gasteiger partial charge in [-0.15, -0.1) is 0 Å². The lowest BCUT2D eigenvalue weighted by molar-refractivity contribution is -0.121. The zero-order valence-corrected chi connectivity index (χ0v) is 20.0. The van der Waals surface area contributed by atoms with E-state index in [-0.39, 0.29) is 17.6 Å². The Morgan fingerprint density at radius 1 is 0.871 bits per heavy atom. The van der Waals surface area contributed by atoms with E-state index in [0.29, 0.717) is 15.8 Å². The third-order valence-electron chi connectivity index (χ3n) is 4.05. The van der Waals surface area contributed by atoms with Crippen LogP contribution in [0.15, 0.2) is 81.7 Å². The zero-order valence-electron chi connectivity index (χ0n) is 16.0. The van der Waals surface area contributed by atoms with E-state index in [1.807, 2.05) is 42.5 Å². The van der Waals surface area contributed by atoms with Gasteiger partial charge in [0, 0.05) is 10.0 Å². The first kappa shape index (κ1) is 22.9. The van der Waals surface area contributed by atoms with Gasteiger partial charge in [-0.2, -0.15) is 0 Å². The Morgan fingerprint density at radius 2 is 1.55 bits per heavy atom. The number of rotatable bonds is 5. The molecule has 0 atom stereocenters. The van der Waals surface area contributed by atoms with Gasteiger partial charge < -0.3 is 4.74 Å². The molecule has 158 valence electrons. The van der Waals surface area contributed by atoms with E-state index in [1.54, 1.807) is 30.3 Å².